The van der Waals surface area contributed by atoms with E-state index in [9.17, 15) is 44.0 Å². The quantitative estimate of drug-likeness (QED) is 0.0132. The number of esters is 2. The molecule has 1 saturated carbocycles. The number of allylic oxidation sites excluding steroid dienone is 6. The van der Waals surface area contributed by atoms with Gasteiger partial charge in [-0.1, -0.05) is 134 Å². The minimum absolute atomic E-state index is 0.0275. The standard InChI is InChI=1S/C45H82O16P2/c1-3-5-7-9-11-13-15-17-19-21-23-25-27-29-31-33-38(46)57-35-37(59-39(47)34-32-30-28-26-24-22-20-18-16-14-12-10-8-6-4-2)36-58-63(55,56)61-45-42(50)40(48)41(49)44(43(45)51)60-62(52,53)54/h12-15,18,20,37,40-45,48-51H,3-11,16-17,19,21-36H2,1-2H3,(H,55,56)(H2,52,53,54). The Balaban J connectivity index is 2.61. The van der Waals surface area contributed by atoms with Crippen LogP contribution in [0.15, 0.2) is 36.5 Å². The molecule has 0 aliphatic heterocycles. The van der Waals surface area contributed by atoms with Gasteiger partial charge in [-0.25, -0.2) is 9.13 Å². The highest BCUT2D eigenvalue weighted by Crippen LogP contribution is 2.49. The summed E-state index contributed by atoms with van der Waals surface area (Å²) in [4.78, 5) is 54.2. The maximum absolute atomic E-state index is 13.0. The molecule has 16 nitrogen and oxygen atoms in total. The first-order valence-electron chi connectivity index (χ1n) is 23.5. The predicted octanol–water partition coefficient (Wildman–Crippen LogP) is 8.73. The first-order valence-corrected chi connectivity index (χ1v) is 26.6. The Kier molecular flexibility index (Phi) is 34.2. The lowest BCUT2D eigenvalue weighted by Gasteiger charge is -2.43. The van der Waals surface area contributed by atoms with E-state index in [-0.39, 0.29) is 12.8 Å². The van der Waals surface area contributed by atoms with Crippen LogP contribution in [0.4, 0.5) is 0 Å². The summed E-state index contributed by atoms with van der Waals surface area (Å²) in [7, 11) is -10.7. The maximum atomic E-state index is 13.0. The highest BCUT2D eigenvalue weighted by Gasteiger charge is 2.54. The van der Waals surface area contributed by atoms with Crippen molar-refractivity contribution in [1.82, 2.24) is 0 Å². The molecule has 0 aromatic rings. The number of ether oxygens (including phenoxy) is 2. The van der Waals surface area contributed by atoms with Crippen LogP contribution in [0.1, 0.15) is 181 Å². The monoisotopic (exact) mass is 941 g/mol. The number of phosphoric ester groups is 2. The minimum Gasteiger partial charge on any atom is -0.462 e. The van der Waals surface area contributed by atoms with E-state index in [2.05, 4.69) is 54.8 Å². The second-order valence-electron chi connectivity index (χ2n) is 16.5. The van der Waals surface area contributed by atoms with Crippen molar-refractivity contribution < 1.29 is 76.9 Å². The van der Waals surface area contributed by atoms with Crippen LogP contribution in [0.3, 0.4) is 0 Å². The van der Waals surface area contributed by atoms with Crippen LogP contribution in [0, 0.1) is 0 Å². The number of unbranched alkanes of at least 4 members (excludes halogenated alkanes) is 19. The molecule has 0 spiro atoms. The molecule has 368 valence electrons. The van der Waals surface area contributed by atoms with Gasteiger partial charge in [0.25, 0.3) is 0 Å². The Morgan fingerprint density at radius 2 is 0.921 bits per heavy atom. The normalized spacial score (nSPS) is 22.2. The van der Waals surface area contributed by atoms with Crippen LogP contribution in [0.2, 0.25) is 0 Å². The summed E-state index contributed by atoms with van der Waals surface area (Å²) in [6.07, 6.45) is 23.8. The summed E-state index contributed by atoms with van der Waals surface area (Å²) in [6.45, 7) is 3.05. The number of aliphatic hydroxyl groups is 4. The van der Waals surface area contributed by atoms with E-state index in [0.717, 1.165) is 96.3 Å². The third-order valence-electron chi connectivity index (χ3n) is 10.7. The Bertz CT molecular complexity index is 1370. The molecule has 1 fully saturated rings. The third-order valence-corrected chi connectivity index (χ3v) is 12.2. The Morgan fingerprint density at radius 1 is 0.508 bits per heavy atom. The third kappa shape index (κ3) is 30.9. The van der Waals surface area contributed by atoms with E-state index in [1.165, 1.54) is 44.9 Å². The van der Waals surface area contributed by atoms with Gasteiger partial charge < -0.3 is 44.6 Å². The molecule has 0 amide bonds. The van der Waals surface area contributed by atoms with Gasteiger partial charge in [0.15, 0.2) is 6.10 Å². The fraction of sp³-hybridized carbons (Fsp3) is 0.822. The largest absolute Gasteiger partial charge is 0.472 e. The number of hydrogen-bond donors (Lipinski definition) is 7. The van der Waals surface area contributed by atoms with Crippen LogP contribution in [0.25, 0.3) is 0 Å². The maximum Gasteiger partial charge on any atom is 0.472 e. The van der Waals surface area contributed by atoms with Gasteiger partial charge in [-0.05, 0) is 70.6 Å². The van der Waals surface area contributed by atoms with Gasteiger partial charge in [0, 0.05) is 12.8 Å². The van der Waals surface area contributed by atoms with Crippen LogP contribution in [0.5, 0.6) is 0 Å². The number of rotatable bonds is 39. The lowest BCUT2D eigenvalue weighted by atomic mass is 9.85. The highest BCUT2D eigenvalue weighted by molar-refractivity contribution is 7.47. The summed E-state index contributed by atoms with van der Waals surface area (Å²) in [6, 6.07) is 0. The average Bonchev–Trinajstić information content (AvgIpc) is 3.23. The molecular formula is C45H82O16P2. The van der Waals surface area contributed by atoms with Gasteiger partial charge in [0.05, 0.1) is 6.61 Å². The molecule has 1 aliphatic rings. The van der Waals surface area contributed by atoms with E-state index < -0.39 is 83.5 Å². The lowest BCUT2D eigenvalue weighted by molar-refractivity contribution is -0.216. The van der Waals surface area contributed by atoms with Crippen molar-refractivity contribution in [2.24, 2.45) is 0 Å². The van der Waals surface area contributed by atoms with Gasteiger partial charge in [0.2, 0.25) is 0 Å². The molecule has 0 aromatic heterocycles. The lowest BCUT2D eigenvalue weighted by Crippen LogP contribution is -2.64. The molecule has 0 bridgehead atoms. The van der Waals surface area contributed by atoms with E-state index in [0.29, 0.717) is 12.8 Å². The van der Waals surface area contributed by atoms with Crippen LogP contribution in [-0.2, 0) is 41.8 Å². The first kappa shape index (κ1) is 59.2. The number of hydrogen-bond acceptors (Lipinski definition) is 13. The molecule has 0 aromatic carbocycles. The number of phosphoric acid groups is 2. The summed E-state index contributed by atoms with van der Waals surface area (Å²) in [5.41, 5.74) is 0. The predicted molar refractivity (Wildman–Crippen MR) is 241 cm³/mol. The molecule has 7 N–H and O–H groups in total. The van der Waals surface area contributed by atoms with Crippen molar-refractivity contribution in [1.29, 1.82) is 0 Å². The fourth-order valence-corrected chi connectivity index (χ4v) is 8.53. The van der Waals surface area contributed by atoms with E-state index in [1.54, 1.807) is 0 Å². The molecule has 0 radical (unpaired) electrons. The zero-order valence-electron chi connectivity index (χ0n) is 38.0. The van der Waals surface area contributed by atoms with E-state index in [1.807, 2.05) is 0 Å². The summed E-state index contributed by atoms with van der Waals surface area (Å²) < 4.78 is 49.3. The second-order valence-corrected chi connectivity index (χ2v) is 19.1. The molecule has 8 atom stereocenters. The van der Waals surface area contributed by atoms with Crippen molar-refractivity contribution in [2.75, 3.05) is 13.2 Å². The van der Waals surface area contributed by atoms with Gasteiger partial charge in [-0.2, -0.15) is 0 Å². The first-order chi connectivity index (χ1) is 30.1. The summed E-state index contributed by atoms with van der Waals surface area (Å²) in [5.74, 6) is -1.23. The summed E-state index contributed by atoms with van der Waals surface area (Å²) in [5, 5.41) is 41.2. The smallest absolute Gasteiger partial charge is 0.462 e. The SMILES string of the molecule is CCCCCC=CCC=CCCCCCCCC(=O)OC(COC(=O)CCCCCCCCCC=CCCCCCC)COP(=O)(O)OC1C(O)C(O)C(O)C(OP(=O)(O)O)C1O. The van der Waals surface area contributed by atoms with Crippen molar-refractivity contribution in [2.45, 2.75) is 224 Å². The molecule has 63 heavy (non-hydrogen) atoms. The molecule has 0 heterocycles. The average molecular weight is 941 g/mol. The van der Waals surface area contributed by atoms with Crippen LogP contribution < -0.4 is 0 Å². The zero-order valence-corrected chi connectivity index (χ0v) is 39.8. The molecule has 1 aliphatic carbocycles. The van der Waals surface area contributed by atoms with Crippen LogP contribution >= 0.6 is 15.6 Å². The Morgan fingerprint density at radius 3 is 1.43 bits per heavy atom. The number of carbonyl (C=O) groups is 2. The van der Waals surface area contributed by atoms with Gasteiger partial charge >= 0.3 is 27.6 Å². The van der Waals surface area contributed by atoms with Gasteiger partial charge in [0.1, 0.15) is 43.2 Å². The molecule has 8 unspecified atom stereocenters. The van der Waals surface area contributed by atoms with Crippen LogP contribution in [-0.4, -0.2) is 103 Å². The highest BCUT2D eigenvalue weighted by atomic mass is 31.2. The molecular weight excluding hydrogens is 858 g/mol. The van der Waals surface area contributed by atoms with Crippen molar-refractivity contribution >= 4 is 27.6 Å². The number of carbonyl (C=O) groups excluding carboxylic acids is 2. The van der Waals surface area contributed by atoms with Crippen molar-refractivity contribution in [3.05, 3.63) is 36.5 Å². The minimum atomic E-state index is -5.36. The van der Waals surface area contributed by atoms with Gasteiger partial charge in [-0.15, -0.1) is 0 Å². The zero-order chi connectivity index (χ0) is 46.8. The second kappa shape index (κ2) is 36.4. The Hall–Kier alpha value is -1.78. The van der Waals surface area contributed by atoms with E-state index >= 15 is 0 Å². The van der Waals surface area contributed by atoms with Crippen molar-refractivity contribution in [3.63, 3.8) is 0 Å². The topological polar surface area (TPSA) is 256 Å². The molecule has 0 saturated heterocycles. The molecule has 18 heteroatoms. The van der Waals surface area contributed by atoms with E-state index in [4.69, 9.17) is 28.3 Å². The fourth-order valence-electron chi connectivity index (χ4n) is 6.99. The summed E-state index contributed by atoms with van der Waals surface area (Å²) >= 11 is 0. The van der Waals surface area contributed by atoms with Gasteiger partial charge in [-0.3, -0.25) is 23.2 Å². The van der Waals surface area contributed by atoms with Crippen molar-refractivity contribution in [3.8, 4) is 0 Å². The Labute approximate surface area is 376 Å². The molecule has 1 rings (SSSR count). The number of aliphatic hydroxyl groups excluding tert-OH is 4.